The lowest BCUT2D eigenvalue weighted by Crippen LogP contribution is -2.74. The van der Waals surface area contributed by atoms with Gasteiger partial charge in [-0.15, -0.1) is 11.3 Å². The van der Waals surface area contributed by atoms with Crippen LogP contribution < -0.4 is 30.7 Å². The van der Waals surface area contributed by atoms with Gasteiger partial charge in [-0.05, 0) is 84.5 Å². The maximum Gasteiger partial charge on any atom is 0.329 e. The van der Waals surface area contributed by atoms with Crippen molar-refractivity contribution < 1.29 is 47.7 Å². The average molecular weight is 1140 g/mol. The number of esters is 1. The standard InChI is InChI=1S/C61H80ClN7O10S/c1-35(2)37(5)52(71)67-49(36(3)4)56(75)78-45-29-47(54(73)64-31-39-16-18-40(19-17-39)50-38(6)65-34-80-50)69(32-45)55(74)51(59(7,8)9)66-48(70)33-76-26-14-15-27-77-43-23-20-41(21-24-43)53(72)68-57-60(10,11)58(61(57,12)13)79-44-25-22-42(30-63)46(62)28-44/h16-25,28,34-37,45,47,49,51,57-58H,14-15,26-27,29,31-33H2,1-13H3,(H,64,73)(H,66,70)(H,67,71)(H,68,72)/t37-,45+,47-,49-,51+,57?,58?/m0/s1. The molecule has 1 saturated carbocycles. The maximum absolute atomic E-state index is 14.7. The fraction of sp³-hybridized carbons (Fsp3) is 0.541. The van der Waals surface area contributed by atoms with Gasteiger partial charge in [-0.2, -0.15) is 5.26 Å². The molecule has 17 nitrogen and oxygen atoms in total. The molecule has 432 valence electrons. The summed E-state index contributed by atoms with van der Waals surface area (Å²) >= 11 is 7.80. The van der Waals surface area contributed by atoms with E-state index in [2.05, 4.69) is 32.3 Å². The van der Waals surface area contributed by atoms with Crippen LogP contribution in [0.4, 0.5) is 0 Å². The van der Waals surface area contributed by atoms with E-state index < -0.39 is 64.2 Å². The molecule has 3 aromatic carbocycles. The lowest BCUT2D eigenvalue weighted by molar-refractivity contribution is -0.164. The first kappa shape index (κ1) is 62.6. The Labute approximate surface area is 480 Å². The summed E-state index contributed by atoms with van der Waals surface area (Å²) in [6, 6.07) is 18.5. The molecular weight excluding hydrogens is 1060 g/mol. The zero-order valence-electron chi connectivity index (χ0n) is 48.5. The molecule has 19 heteroatoms. The van der Waals surface area contributed by atoms with Gasteiger partial charge < -0.3 is 45.1 Å². The van der Waals surface area contributed by atoms with E-state index in [1.807, 2.05) is 107 Å². The van der Waals surface area contributed by atoms with Crippen molar-refractivity contribution >= 4 is 58.4 Å². The van der Waals surface area contributed by atoms with E-state index in [1.54, 1.807) is 66.2 Å². The van der Waals surface area contributed by atoms with E-state index in [4.69, 9.17) is 30.5 Å². The number of carbonyl (C=O) groups is 6. The SMILES string of the molecule is Cc1ncsc1-c1ccc(CNC(=O)[C@@H]2C[C@@H](OC(=O)[C@@H](NC(=O)[C@@H](C)C(C)C)C(C)C)CN2C(=O)[C@@H](NC(=O)COCCCCOc2ccc(C(=O)NC3C(C)(C)C(Oc4ccc(C#N)c(Cl)c4)C3(C)C)cc2)C(C)(C)C)cc1. The second-order valence-electron chi connectivity index (χ2n) is 24.0. The normalized spacial score (nSPS) is 19.4. The Balaban J connectivity index is 0.991. The number of aromatic nitrogens is 1. The van der Waals surface area contributed by atoms with Gasteiger partial charge in [0.2, 0.25) is 23.6 Å². The summed E-state index contributed by atoms with van der Waals surface area (Å²) < 4.78 is 24.1. The molecule has 1 aliphatic heterocycles. The summed E-state index contributed by atoms with van der Waals surface area (Å²) in [5.41, 5.74) is 3.79. The highest BCUT2D eigenvalue weighted by atomic mass is 35.5. The van der Waals surface area contributed by atoms with Crippen molar-refractivity contribution in [1.29, 1.82) is 5.26 Å². The van der Waals surface area contributed by atoms with Gasteiger partial charge in [0.1, 0.15) is 54.5 Å². The number of carbonyl (C=O) groups excluding carboxylic acids is 6. The summed E-state index contributed by atoms with van der Waals surface area (Å²) in [5, 5.41) is 21.5. The molecule has 0 spiro atoms. The highest BCUT2D eigenvalue weighted by Gasteiger charge is 2.64. The van der Waals surface area contributed by atoms with E-state index >= 15 is 0 Å². The van der Waals surface area contributed by atoms with Crippen molar-refractivity contribution in [2.45, 2.75) is 152 Å². The molecule has 0 bridgehead atoms. The molecular formula is C61H80ClN7O10S. The molecule has 0 unspecified atom stereocenters. The summed E-state index contributed by atoms with van der Waals surface area (Å²) in [6.45, 7) is 25.2. The largest absolute Gasteiger partial charge is 0.494 e. The van der Waals surface area contributed by atoms with Crippen LogP contribution in [0.5, 0.6) is 11.5 Å². The van der Waals surface area contributed by atoms with E-state index in [1.165, 1.54) is 4.90 Å². The molecule has 1 aliphatic carbocycles. The van der Waals surface area contributed by atoms with Crippen LogP contribution in [0, 0.1) is 52.3 Å². The smallest absolute Gasteiger partial charge is 0.329 e. The third-order valence-corrected chi connectivity index (χ3v) is 16.6. The van der Waals surface area contributed by atoms with Crippen molar-refractivity contribution in [1.82, 2.24) is 31.2 Å². The molecule has 5 atom stereocenters. The minimum absolute atomic E-state index is 0.00407. The third kappa shape index (κ3) is 15.5. The van der Waals surface area contributed by atoms with Crippen molar-refractivity contribution in [3.8, 4) is 28.0 Å². The Bertz CT molecular complexity index is 2860. The summed E-state index contributed by atoms with van der Waals surface area (Å²) in [7, 11) is 0. The molecule has 1 aromatic heterocycles. The second kappa shape index (κ2) is 26.8. The molecule has 6 rings (SSSR count). The van der Waals surface area contributed by atoms with Crippen LogP contribution in [0.3, 0.4) is 0 Å². The van der Waals surface area contributed by atoms with Gasteiger partial charge >= 0.3 is 5.97 Å². The summed E-state index contributed by atoms with van der Waals surface area (Å²) in [4.78, 5) is 89.4. The monoisotopic (exact) mass is 1140 g/mol. The zero-order valence-corrected chi connectivity index (χ0v) is 50.1. The molecule has 80 heavy (non-hydrogen) atoms. The van der Waals surface area contributed by atoms with Crippen molar-refractivity contribution in [3.63, 3.8) is 0 Å². The number of likely N-dealkylation sites (tertiary alicyclic amines) is 1. The van der Waals surface area contributed by atoms with Crippen LogP contribution in [0.15, 0.2) is 72.2 Å². The van der Waals surface area contributed by atoms with Crippen LogP contribution in [0.2, 0.25) is 5.02 Å². The number of rotatable bonds is 24. The van der Waals surface area contributed by atoms with Gasteiger partial charge in [-0.3, -0.25) is 24.0 Å². The van der Waals surface area contributed by atoms with Gasteiger partial charge in [0.25, 0.3) is 5.91 Å². The third-order valence-electron chi connectivity index (χ3n) is 15.3. The molecule has 2 fully saturated rings. The lowest BCUT2D eigenvalue weighted by Gasteiger charge is -2.63. The van der Waals surface area contributed by atoms with Crippen LogP contribution >= 0.6 is 22.9 Å². The predicted octanol–water partition coefficient (Wildman–Crippen LogP) is 9.22. The van der Waals surface area contributed by atoms with E-state index in [0.717, 1.165) is 21.7 Å². The number of thiazole rings is 1. The Hall–Kier alpha value is -6.55. The first-order valence-electron chi connectivity index (χ1n) is 27.5. The first-order chi connectivity index (χ1) is 37.6. The number of unbranched alkanes of at least 4 members (excludes halogenated alkanes) is 1. The van der Waals surface area contributed by atoms with Gasteiger partial charge in [0, 0.05) is 54.0 Å². The number of hydrogen-bond donors (Lipinski definition) is 4. The molecule has 2 heterocycles. The average Bonchev–Trinajstić information content (AvgIpc) is 4.05. The van der Waals surface area contributed by atoms with Crippen molar-refractivity contribution in [2.75, 3.05) is 26.4 Å². The molecule has 5 amide bonds. The van der Waals surface area contributed by atoms with Crippen LogP contribution in [-0.4, -0.2) is 108 Å². The van der Waals surface area contributed by atoms with Crippen LogP contribution in [0.25, 0.3) is 10.4 Å². The van der Waals surface area contributed by atoms with Gasteiger partial charge in [-0.1, -0.05) is 119 Å². The number of amides is 5. The molecule has 4 aromatic rings. The first-order valence-corrected chi connectivity index (χ1v) is 28.7. The van der Waals surface area contributed by atoms with Crippen LogP contribution in [-0.2, 0) is 40.0 Å². The number of ether oxygens (including phenoxy) is 4. The van der Waals surface area contributed by atoms with Crippen molar-refractivity contribution in [3.05, 3.63) is 99.6 Å². The Kier molecular flexibility index (Phi) is 21.0. The molecule has 1 saturated heterocycles. The number of hydrogen-bond acceptors (Lipinski definition) is 13. The fourth-order valence-electron chi connectivity index (χ4n) is 10.5. The highest BCUT2D eigenvalue weighted by Crippen LogP contribution is 2.55. The number of nitrogens with zero attached hydrogens (tertiary/aromatic N) is 3. The lowest BCUT2D eigenvalue weighted by atomic mass is 9.49. The van der Waals surface area contributed by atoms with Crippen molar-refractivity contribution in [2.24, 2.45) is 34.0 Å². The molecule has 0 radical (unpaired) electrons. The minimum atomic E-state index is -1.08. The Morgan fingerprint density at radius 1 is 0.875 bits per heavy atom. The zero-order chi connectivity index (χ0) is 58.9. The topological polar surface area (TPSA) is 227 Å². The van der Waals surface area contributed by atoms with Gasteiger partial charge in [-0.25, -0.2) is 9.78 Å². The van der Waals surface area contributed by atoms with E-state index in [0.29, 0.717) is 47.1 Å². The number of aryl methyl sites for hydroxylation is 1. The molecule has 2 aliphatic rings. The van der Waals surface area contributed by atoms with Gasteiger partial charge in [0.05, 0.1) is 39.8 Å². The van der Waals surface area contributed by atoms with Gasteiger partial charge in [0.15, 0.2) is 0 Å². The van der Waals surface area contributed by atoms with E-state index in [-0.39, 0.29) is 74.4 Å². The number of halogens is 1. The highest BCUT2D eigenvalue weighted by molar-refractivity contribution is 7.13. The fourth-order valence-corrected chi connectivity index (χ4v) is 11.6. The number of benzene rings is 3. The van der Waals surface area contributed by atoms with E-state index in [9.17, 15) is 34.0 Å². The van der Waals surface area contributed by atoms with Crippen LogP contribution in [0.1, 0.15) is 130 Å². The second-order valence-corrected chi connectivity index (χ2v) is 25.3. The summed E-state index contributed by atoms with van der Waals surface area (Å²) in [5.74, 6) is -2.09. The predicted molar refractivity (Wildman–Crippen MR) is 308 cm³/mol. The summed E-state index contributed by atoms with van der Waals surface area (Å²) in [6.07, 6.45) is 0.0742. The number of nitrogens with one attached hydrogen (secondary N) is 4. The maximum atomic E-state index is 14.7. The molecule has 4 N–H and O–H groups in total. The number of nitriles is 1. The quantitative estimate of drug-likeness (QED) is 0.0380. The Morgan fingerprint density at radius 2 is 1.52 bits per heavy atom. The minimum Gasteiger partial charge on any atom is -0.494 e. The Morgan fingerprint density at radius 3 is 2.11 bits per heavy atom.